The summed E-state index contributed by atoms with van der Waals surface area (Å²) >= 11 is 0. The van der Waals surface area contributed by atoms with Gasteiger partial charge in [0.25, 0.3) is 5.91 Å². The first-order chi connectivity index (χ1) is 14.5. The highest BCUT2D eigenvalue weighted by Gasteiger charge is 2.55. The summed E-state index contributed by atoms with van der Waals surface area (Å²) in [4.78, 5) is 18.9. The molecule has 4 aliphatic carbocycles. The van der Waals surface area contributed by atoms with Crippen molar-refractivity contribution in [1.82, 2.24) is 5.48 Å². The Morgan fingerprint density at radius 3 is 2.00 bits per heavy atom. The number of amides is 1. The second-order valence-corrected chi connectivity index (χ2v) is 9.92. The molecule has 158 valence electrons. The number of nitrogens with one attached hydrogen (secondary N) is 1. The van der Waals surface area contributed by atoms with Crippen LogP contribution in [0.1, 0.15) is 79.1 Å². The molecule has 2 unspecified atom stereocenters. The molecule has 0 aromatic heterocycles. The zero-order chi connectivity index (χ0) is 20.7. The fourth-order valence-electron chi connectivity index (χ4n) is 6.76. The molecule has 2 atom stereocenters. The molecule has 4 bridgehead atoms. The predicted octanol–water partition coefficient (Wildman–Crippen LogP) is 5.36. The zero-order valence-corrected chi connectivity index (χ0v) is 17.6. The van der Waals surface area contributed by atoms with Gasteiger partial charge in [0.1, 0.15) is 6.10 Å². The van der Waals surface area contributed by atoms with Crippen LogP contribution in [0.2, 0.25) is 0 Å². The maximum absolute atomic E-state index is 12.7. The largest absolute Gasteiger partial charge is 0.389 e. The van der Waals surface area contributed by atoms with Gasteiger partial charge in [-0.2, -0.15) is 0 Å². The molecule has 2 N–H and O–H groups in total. The van der Waals surface area contributed by atoms with Gasteiger partial charge in [0.05, 0.1) is 6.10 Å². The molecular formula is C26H31NO3. The van der Waals surface area contributed by atoms with Crippen LogP contribution >= 0.6 is 0 Å². The lowest BCUT2D eigenvalue weighted by molar-refractivity contribution is -0.162. The van der Waals surface area contributed by atoms with Crippen molar-refractivity contribution in [2.75, 3.05) is 0 Å². The van der Waals surface area contributed by atoms with Gasteiger partial charge in [-0.1, -0.05) is 42.5 Å². The number of rotatable bonds is 6. The quantitative estimate of drug-likeness (QED) is 0.636. The Hall–Kier alpha value is -2.17. The molecule has 6 rings (SSSR count). The number of benzene rings is 2. The van der Waals surface area contributed by atoms with Gasteiger partial charge in [-0.15, -0.1) is 0 Å². The Morgan fingerprint density at radius 2 is 1.47 bits per heavy atom. The zero-order valence-electron chi connectivity index (χ0n) is 17.6. The summed E-state index contributed by atoms with van der Waals surface area (Å²) < 4.78 is 0. The molecule has 4 nitrogen and oxygen atoms in total. The van der Waals surface area contributed by atoms with Crippen molar-refractivity contribution in [3.8, 4) is 0 Å². The van der Waals surface area contributed by atoms with Crippen molar-refractivity contribution in [2.45, 2.75) is 57.7 Å². The molecule has 2 aromatic carbocycles. The molecule has 30 heavy (non-hydrogen) atoms. The average molecular weight is 406 g/mol. The van der Waals surface area contributed by atoms with Gasteiger partial charge >= 0.3 is 0 Å². The predicted molar refractivity (Wildman–Crippen MR) is 115 cm³/mol. The number of carbonyl (C=O) groups is 1. The molecule has 0 radical (unpaired) electrons. The van der Waals surface area contributed by atoms with Gasteiger partial charge in [0.15, 0.2) is 0 Å². The van der Waals surface area contributed by atoms with Crippen molar-refractivity contribution >= 4 is 5.91 Å². The molecule has 0 spiro atoms. The summed E-state index contributed by atoms with van der Waals surface area (Å²) in [5.41, 5.74) is 5.45. The van der Waals surface area contributed by atoms with Crippen molar-refractivity contribution < 1.29 is 14.7 Å². The summed E-state index contributed by atoms with van der Waals surface area (Å²) in [6, 6.07) is 17.3. The number of hydrogen-bond acceptors (Lipinski definition) is 3. The number of aliphatic hydroxyl groups is 1. The molecule has 1 amide bonds. The van der Waals surface area contributed by atoms with E-state index in [2.05, 4.69) is 17.6 Å². The summed E-state index contributed by atoms with van der Waals surface area (Å²) in [6.07, 6.45) is 6.99. The van der Waals surface area contributed by atoms with E-state index in [4.69, 9.17) is 4.84 Å². The highest BCUT2D eigenvalue weighted by molar-refractivity contribution is 5.93. The first-order valence-corrected chi connectivity index (χ1v) is 11.3. The maximum Gasteiger partial charge on any atom is 0.274 e. The first kappa shape index (κ1) is 19.8. The van der Waals surface area contributed by atoms with Crippen LogP contribution in [0.4, 0.5) is 0 Å². The van der Waals surface area contributed by atoms with Gasteiger partial charge in [-0.3, -0.25) is 9.63 Å². The SMILES string of the molecule is CC(O)c1ccc(C(ONC(=O)c2ccccc2)C23CC4CC(CC(C4)C2)C3)cc1. The molecule has 0 saturated heterocycles. The van der Waals surface area contributed by atoms with E-state index < -0.39 is 6.10 Å². The minimum absolute atomic E-state index is 0.0884. The summed E-state index contributed by atoms with van der Waals surface area (Å²) in [7, 11) is 0. The Labute approximate surface area is 178 Å². The lowest BCUT2D eigenvalue weighted by atomic mass is 9.47. The lowest BCUT2D eigenvalue weighted by Crippen LogP contribution is -2.50. The number of aliphatic hydroxyl groups excluding tert-OH is 1. The maximum atomic E-state index is 12.7. The number of hydrogen-bond donors (Lipinski definition) is 2. The van der Waals surface area contributed by atoms with Gasteiger partial charge in [-0.05, 0) is 86.5 Å². The third-order valence-corrected chi connectivity index (χ3v) is 7.67. The van der Waals surface area contributed by atoms with E-state index in [9.17, 15) is 9.90 Å². The fraction of sp³-hybridized carbons (Fsp3) is 0.500. The van der Waals surface area contributed by atoms with E-state index in [1.807, 2.05) is 30.3 Å². The van der Waals surface area contributed by atoms with Crippen LogP contribution in [0.25, 0.3) is 0 Å². The Kier molecular flexibility index (Phi) is 5.16. The second kappa shape index (κ2) is 7.82. The fourth-order valence-corrected chi connectivity index (χ4v) is 6.76. The van der Waals surface area contributed by atoms with Gasteiger partial charge < -0.3 is 5.11 Å². The van der Waals surface area contributed by atoms with Crippen LogP contribution in [0.3, 0.4) is 0 Å². The summed E-state index contributed by atoms with van der Waals surface area (Å²) in [5, 5.41) is 9.90. The number of hydroxylamine groups is 1. The van der Waals surface area contributed by atoms with Crippen LogP contribution in [0, 0.1) is 23.2 Å². The minimum atomic E-state index is -0.490. The molecule has 0 aliphatic heterocycles. The molecule has 4 fully saturated rings. The third kappa shape index (κ3) is 3.67. The van der Waals surface area contributed by atoms with Crippen LogP contribution in [-0.2, 0) is 4.84 Å². The van der Waals surface area contributed by atoms with E-state index in [0.29, 0.717) is 5.56 Å². The highest BCUT2D eigenvalue weighted by Crippen LogP contribution is 2.64. The van der Waals surface area contributed by atoms with E-state index >= 15 is 0 Å². The van der Waals surface area contributed by atoms with Gasteiger partial charge in [-0.25, -0.2) is 5.48 Å². The van der Waals surface area contributed by atoms with Crippen molar-refractivity contribution in [3.63, 3.8) is 0 Å². The molecular weight excluding hydrogens is 374 g/mol. The normalized spacial score (nSPS) is 31.3. The van der Waals surface area contributed by atoms with E-state index in [-0.39, 0.29) is 17.4 Å². The van der Waals surface area contributed by atoms with E-state index in [1.165, 1.54) is 38.5 Å². The molecule has 4 saturated carbocycles. The van der Waals surface area contributed by atoms with E-state index in [1.54, 1.807) is 19.1 Å². The summed E-state index contributed by atoms with van der Waals surface area (Å²) in [5.74, 6) is 2.18. The van der Waals surface area contributed by atoms with Crippen molar-refractivity contribution in [1.29, 1.82) is 0 Å². The Balaban J connectivity index is 1.43. The lowest BCUT2D eigenvalue weighted by Gasteiger charge is -2.59. The molecule has 2 aromatic rings. The van der Waals surface area contributed by atoms with Crippen molar-refractivity contribution in [2.24, 2.45) is 23.2 Å². The standard InChI is InChI=1S/C26H31NO3/c1-17(28)21-7-9-22(10-8-21)24(30-27-25(29)23-5-3-2-4-6-23)26-14-18-11-19(15-26)13-20(12-18)16-26/h2-10,17-20,24,28H,11-16H2,1H3,(H,27,29). The average Bonchev–Trinajstić information content (AvgIpc) is 2.73. The van der Waals surface area contributed by atoms with Gasteiger partial charge in [0, 0.05) is 11.0 Å². The highest BCUT2D eigenvalue weighted by atomic mass is 16.7. The first-order valence-electron chi connectivity index (χ1n) is 11.3. The molecule has 4 heteroatoms. The monoisotopic (exact) mass is 405 g/mol. The third-order valence-electron chi connectivity index (χ3n) is 7.67. The van der Waals surface area contributed by atoms with Gasteiger partial charge in [0.2, 0.25) is 0 Å². The second-order valence-electron chi connectivity index (χ2n) is 9.92. The smallest absolute Gasteiger partial charge is 0.274 e. The molecule has 4 aliphatic rings. The van der Waals surface area contributed by atoms with Crippen LogP contribution in [0.5, 0.6) is 0 Å². The van der Waals surface area contributed by atoms with Crippen molar-refractivity contribution in [3.05, 3.63) is 71.3 Å². The Morgan fingerprint density at radius 1 is 0.933 bits per heavy atom. The van der Waals surface area contributed by atoms with E-state index in [0.717, 1.165) is 28.9 Å². The minimum Gasteiger partial charge on any atom is -0.389 e. The molecule has 0 heterocycles. The van der Waals surface area contributed by atoms with Crippen LogP contribution < -0.4 is 5.48 Å². The topological polar surface area (TPSA) is 58.6 Å². The summed E-state index contributed by atoms with van der Waals surface area (Å²) in [6.45, 7) is 1.78. The Bertz CT molecular complexity index is 855. The number of carbonyl (C=O) groups excluding carboxylic acids is 1. The van der Waals surface area contributed by atoms with Crippen LogP contribution in [-0.4, -0.2) is 11.0 Å². The van der Waals surface area contributed by atoms with Crippen LogP contribution in [0.15, 0.2) is 54.6 Å².